The summed E-state index contributed by atoms with van der Waals surface area (Å²) in [5.74, 6) is 0. The van der Waals surface area contributed by atoms with Gasteiger partial charge in [0, 0.05) is 5.69 Å². The molecular weight excluding hydrogens is 266 g/mol. The molecule has 0 spiro atoms. The van der Waals surface area contributed by atoms with Gasteiger partial charge in [-0.15, -0.1) is 0 Å². The van der Waals surface area contributed by atoms with E-state index in [1.54, 1.807) is 18.5 Å². The first-order valence-corrected chi connectivity index (χ1v) is 6.80. The maximum absolute atomic E-state index is 10.9. The lowest BCUT2D eigenvalue weighted by atomic mass is 10.3. The summed E-state index contributed by atoms with van der Waals surface area (Å²) in [6, 6.07) is 5.63. The van der Waals surface area contributed by atoms with Crippen molar-refractivity contribution in [2.75, 3.05) is 0 Å². The van der Waals surface area contributed by atoms with Crippen molar-refractivity contribution in [3.05, 3.63) is 47.1 Å². The lowest BCUT2D eigenvalue weighted by molar-refractivity contribution is 0.483. The highest BCUT2D eigenvalue weighted by molar-refractivity contribution is 7.85. The fourth-order valence-electron chi connectivity index (χ4n) is 1.81. The lowest BCUT2D eigenvalue weighted by Crippen LogP contribution is -2.01. The zero-order valence-electron chi connectivity index (χ0n) is 10.3. The van der Waals surface area contributed by atoms with Gasteiger partial charge in [0.1, 0.15) is 0 Å². The van der Waals surface area contributed by atoms with Gasteiger partial charge >= 0.3 is 0 Å². The van der Waals surface area contributed by atoms with Crippen LogP contribution >= 0.6 is 0 Å². The Kier molecular flexibility index (Phi) is 3.14. The first kappa shape index (κ1) is 13.3. The van der Waals surface area contributed by atoms with Crippen LogP contribution in [0.4, 0.5) is 5.69 Å². The molecule has 19 heavy (non-hydrogen) atoms. The minimum atomic E-state index is -4.20. The summed E-state index contributed by atoms with van der Waals surface area (Å²) >= 11 is 0. The number of benzene rings is 1. The van der Waals surface area contributed by atoms with Crippen LogP contribution in [0.1, 0.15) is 11.4 Å². The molecule has 0 bridgehead atoms. The number of hydrogen-bond donors (Lipinski definition) is 1. The molecule has 7 heteroatoms. The van der Waals surface area contributed by atoms with E-state index < -0.39 is 10.1 Å². The average molecular weight is 277 g/mol. The van der Waals surface area contributed by atoms with Crippen molar-refractivity contribution in [2.24, 2.45) is 0 Å². The molecule has 1 heterocycles. The third-order valence-electron chi connectivity index (χ3n) is 2.74. The van der Waals surface area contributed by atoms with Crippen molar-refractivity contribution in [1.29, 1.82) is 0 Å². The molecule has 0 fully saturated rings. The van der Waals surface area contributed by atoms with E-state index >= 15 is 0 Å². The van der Waals surface area contributed by atoms with E-state index in [2.05, 4.69) is 9.94 Å². The zero-order chi connectivity index (χ0) is 14.2. The topological polar surface area (TPSA) is 76.5 Å². The van der Waals surface area contributed by atoms with E-state index in [-0.39, 0.29) is 4.90 Å². The number of aryl methyl sites for hydroxylation is 1. The fourth-order valence-corrected chi connectivity index (χ4v) is 2.29. The molecule has 1 aromatic heterocycles. The van der Waals surface area contributed by atoms with Gasteiger partial charge in [0.25, 0.3) is 10.1 Å². The van der Waals surface area contributed by atoms with Gasteiger partial charge in [-0.05, 0) is 38.1 Å². The van der Waals surface area contributed by atoms with Gasteiger partial charge in [0.2, 0.25) is 5.69 Å². The average Bonchev–Trinajstić information content (AvgIpc) is 2.63. The summed E-state index contributed by atoms with van der Waals surface area (Å²) in [4.78, 5) is 3.23. The van der Waals surface area contributed by atoms with Crippen molar-refractivity contribution in [3.63, 3.8) is 0 Å². The molecular formula is C12H11N3O3S. The molecule has 0 amide bonds. The number of aromatic nitrogens is 2. The summed E-state index contributed by atoms with van der Waals surface area (Å²) in [5.41, 5.74) is 2.42. The molecule has 0 radical (unpaired) electrons. The molecule has 0 aliphatic heterocycles. The van der Waals surface area contributed by atoms with Gasteiger partial charge in [0.15, 0.2) is 0 Å². The van der Waals surface area contributed by atoms with Gasteiger partial charge in [-0.2, -0.15) is 13.5 Å². The Morgan fingerprint density at radius 3 is 2.26 bits per heavy atom. The Balaban J connectivity index is 2.53. The summed E-state index contributed by atoms with van der Waals surface area (Å²) in [7, 11) is -4.20. The van der Waals surface area contributed by atoms with Crippen LogP contribution < -0.4 is 0 Å². The van der Waals surface area contributed by atoms with E-state index in [1.165, 1.54) is 24.3 Å². The molecule has 98 valence electrons. The number of hydrogen-bond acceptors (Lipinski definition) is 3. The minimum Gasteiger partial charge on any atom is -0.282 e. The fraction of sp³-hybridized carbons (Fsp3) is 0.167. The Labute approximate surface area is 110 Å². The van der Waals surface area contributed by atoms with Crippen LogP contribution in [0.3, 0.4) is 0 Å². The van der Waals surface area contributed by atoms with Gasteiger partial charge in [-0.3, -0.25) is 4.55 Å². The summed E-state index contributed by atoms with van der Waals surface area (Å²) in [5, 5.41) is 4.23. The summed E-state index contributed by atoms with van der Waals surface area (Å²) in [6.45, 7) is 10.6. The van der Waals surface area contributed by atoms with Crippen LogP contribution in [0.15, 0.2) is 29.2 Å². The van der Waals surface area contributed by atoms with Crippen molar-refractivity contribution in [2.45, 2.75) is 18.7 Å². The van der Waals surface area contributed by atoms with E-state index in [1.807, 2.05) is 0 Å². The quantitative estimate of drug-likeness (QED) is 0.675. The first-order chi connectivity index (χ1) is 8.84. The lowest BCUT2D eigenvalue weighted by Gasteiger charge is -2.05. The van der Waals surface area contributed by atoms with Crippen molar-refractivity contribution in [3.8, 4) is 5.69 Å². The van der Waals surface area contributed by atoms with Crippen molar-refractivity contribution < 1.29 is 13.0 Å². The molecule has 2 aromatic rings. The Morgan fingerprint density at radius 2 is 1.84 bits per heavy atom. The standard InChI is InChI=1S/C12H11N3O3S/c1-8-12(13-3)9(2)15(14-8)10-4-6-11(7-5-10)19(16,17)18/h4-7H,1-2H3,(H,16,17,18). The molecule has 0 atom stereocenters. The van der Waals surface area contributed by atoms with Crippen LogP contribution in [0, 0.1) is 20.4 Å². The van der Waals surface area contributed by atoms with Crippen LogP contribution in [-0.2, 0) is 10.1 Å². The number of nitrogens with zero attached hydrogens (tertiary/aromatic N) is 3. The van der Waals surface area contributed by atoms with Crippen molar-refractivity contribution in [1.82, 2.24) is 9.78 Å². The van der Waals surface area contributed by atoms with E-state index in [4.69, 9.17) is 11.1 Å². The van der Waals surface area contributed by atoms with Crippen LogP contribution in [0.5, 0.6) is 0 Å². The molecule has 1 aromatic carbocycles. The van der Waals surface area contributed by atoms with Crippen LogP contribution in [0.2, 0.25) is 0 Å². The minimum absolute atomic E-state index is 0.178. The van der Waals surface area contributed by atoms with Gasteiger partial charge in [-0.25, -0.2) is 9.53 Å². The Bertz CT molecular complexity index is 768. The van der Waals surface area contributed by atoms with E-state index in [0.717, 1.165) is 0 Å². The third-order valence-corrected chi connectivity index (χ3v) is 3.61. The predicted molar refractivity (Wildman–Crippen MR) is 69.1 cm³/mol. The molecule has 0 saturated carbocycles. The second-order valence-electron chi connectivity index (χ2n) is 4.01. The normalized spacial score (nSPS) is 11.3. The van der Waals surface area contributed by atoms with E-state index in [0.29, 0.717) is 22.8 Å². The predicted octanol–water partition coefficient (Wildman–Crippen LogP) is 2.29. The third kappa shape index (κ3) is 2.36. The zero-order valence-corrected chi connectivity index (χ0v) is 11.1. The molecule has 0 aliphatic rings. The summed E-state index contributed by atoms with van der Waals surface area (Å²) in [6.07, 6.45) is 0. The maximum atomic E-state index is 10.9. The highest BCUT2D eigenvalue weighted by Gasteiger charge is 2.14. The first-order valence-electron chi connectivity index (χ1n) is 5.36. The van der Waals surface area contributed by atoms with Gasteiger partial charge in [-0.1, -0.05) is 0 Å². The molecule has 0 aliphatic carbocycles. The SMILES string of the molecule is [C-]#[N+]c1c(C)nn(-c2ccc(S(=O)(=O)O)cc2)c1C. The highest BCUT2D eigenvalue weighted by atomic mass is 32.2. The van der Waals surface area contributed by atoms with Crippen LogP contribution in [-0.4, -0.2) is 22.8 Å². The largest absolute Gasteiger partial charge is 0.294 e. The van der Waals surface area contributed by atoms with E-state index in [9.17, 15) is 8.42 Å². The molecule has 0 unspecified atom stereocenters. The van der Waals surface area contributed by atoms with Crippen molar-refractivity contribution >= 4 is 15.8 Å². The molecule has 1 N–H and O–H groups in total. The monoisotopic (exact) mass is 277 g/mol. The molecule has 6 nitrogen and oxygen atoms in total. The summed E-state index contributed by atoms with van der Waals surface area (Å²) < 4.78 is 32.4. The second kappa shape index (κ2) is 4.50. The molecule has 2 rings (SSSR count). The molecule has 0 saturated heterocycles. The smallest absolute Gasteiger partial charge is 0.282 e. The second-order valence-corrected chi connectivity index (χ2v) is 5.43. The van der Waals surface area contributed by atoms with Crippen LogP contribution in [0.25, 0.3) is 10.5 Å². The number of rotatable bonds is 2. The Hall–Kier alpha value is -2.17. The van der Waals surface area contributed by atoms with Gasteiger partial charge in [0.05, 0.1) is 22.8 Å². The maximum Gasteiger partial charge on any atom is 0.294 e. The highest BCUT2D eigenvalue weighted by Crippen LogP contribution is 2.25. The Morgan fingerprint density at radius 1 is 1.26 bits per heavy atom. The van der Waals surface area contributed by atoms with Gasteiger partial charge < -0.3 is 0 Å².